The molecular weight excluding hydrogens is 290 g/mol. The number of hydrogen-bond donors (Lipinski definition) is 1. The number of nitrogens with zero attached hydrogens (tertiary/aromatic N) is 2. The van der Waals surface area contributed by atoms with Crippen LogP contribution in [0.5, 0.6) is 11.5 Å². The minimum Gasteiger partial charge on any atom is -0.493 e. The average Bonchev–Trinajstić information content (AvgIpc) is 2.78. The summed E-state index contributed by atoms with van der Waals surface area (Å²) < 4.78 is 12.9. The van der Waals surface area contributed by atoms with E-state index in [1.807, 2.05) is 19.1 Å². The Hall–Kier alpha value is -2.02. The standard InChI is InChI=1S/C14H19N3O3S/c1-8(13(18)16(2)3)17-10-7-12(20-5)11(19-4)6-9(10)15-14(17)21/h6-8H,1-5H3,(H,15,21). The van der Waals surface area contributed by atoms with Crippen molar-refractivity contribution in [3.63, 3.8) is 0 Å². The van der Waals surface area contributed by atoms with Gasteiger partial charge in [0.25, 0.3) is 0 Å². The van der Waals surface area contributed by atoms with E-state index >= 15 is 0 Å². The number of likely N-dealkylation sites (N-methyl/N-ethyl adjacent to an activating group) is 1. The number of methoxy groups -OCH3 is 2. The molecule has 0 bridgehead atoms. The Morgan fingerprint density at radius 2 is 1.86 bits per heavy atom. The molecule has 6 nitrogen and oxygen atoms in total. The van der Waals surface area contributed by atoms with Gasteiger partial charge in [0.2, 0.25) is 5.91 Å². The Bertz CT molecular complexity index is 733. The lowest BCUT2D eigenvalue weighted by Crippen LogP contribution is -2.29. The van der Waals surface area contributed by atoms with E-state index in [0.717, 1.165) is 11.0 Å². The molecule has 7 heteroatoms. The van der Waals surface area contributed by atoms with Gasteiger partial charge >= 0.3 is 0 Å². The van der Waals surface area contributed by atoms with Gasteiger partial charge in [0.1, 0.15) is 6.04 Å². The van der Waals surface area contributed by atoms with Gasteiger partial charge in [-0.2, -0.15) is 0 Å². The Morgan fingerprint density at radius 3 is 2.38 bits per heavy atom. The number of aromatic nitrogens is 2. The molecule has 1 aromatic heterocycles. The van der Waals surface area contributed by atoms with Gasteiger partial charge in [0.05, 0.1) is 25.3 Å². The summed E-state index contributed by atoms with van der Waals surface area (Å²) in [6.07, 6.45) is 0. The molecule has 0 radical (unpaired) electrons. The molecule has 0 saturated carbocycles. The highest BCUT2D eigenvalue weighted by atomic mass is 32.1. The van der Waals surface area contributed by atoms with Gasteiger partial charge in [-0.1, -0.05) is 0 Å². The van der Waals surface area contributed by atoms with Crippen LogP contribution in [0.3, 0.4) is 0 Å². The average molecular weight is 309 g/mol. The van der Waals surface area contributed by atoms with Gasteiger partial charge in [0.15, 0.2) is 16.3 Å². The molecule has 0 spiro atoms. The van der Waals surface area contributed by atoms with Crippen molar-refractivity contribution in [2.45, 2.75) is 13.0 Å². The van der Waals surface area contributed by atoms with Crippen molar-refractivity contribution >= 4 is 29.2 Å². The largest absolute Gasteiger partial charge is 0.493 e. The summed E-state index contributed by atoms with van der Waals surface area (Å²) >= 11 is 5.35. The zero-order valence-electron chi connectivity index (χ0n) is 12.8. The van der Waals surface area contributed by atoms with Gasteiger partial charge in [-0.05, 0) is 19.1 Å². The maximum atomic E-state index is 12.2. The summed E-state index contributed by atoms with van der Waals surface area (Å²) in [6, 6.07) is 3.23. The van der Waals surface area contributed by atoms with Gasteiger partial charge in [-0.15, -0.1) is 0 Å². The van der Waals surface area contributed by atoms with Crippen LogP contribution in [0.15, 0.2) is 12.1 Å². The minimum absolute atomic E-state index is 0.0261. The number of ether oxygens (including phenoxy) is 2. The maximum Gasteiger partial charge on any atom is 0.244 e. The van der Waals surface area contributed by atoms with Crippen LogP contribution in [0.25, 0.3) is 11.0 Å². The monoisotopic (exact) mass is 309 g/mol. The number of amides is 1. The molecule has 2 aromatic rings. The molecule has 1 atom stereocenters. The zero-order chi connectivity index (χ0) is 15.7. The second kappa shape index (κ2) is 5.77. The summed E-state index contributed by atoms with van der Waals surface area (Å²) in [6.45, 7) is 1.82. The zero-order valence-corrected chi connectivity index (χ0v) is 13.6. The van der Waals surface area contributed by atoms with Gasteiger partial charge < -0.3 is 23.9 Å². The SMILES string of the molecule is COc1cc2[nH]c(=S)n(C(C)C(=O)N(C)C)c2cc1OC. The molecule has 0 aliphatic rings. The van der Waals surface area contributed by atoms with E-state index in [2.05, 4.69) is 4.98 Å². The number of nitrogens with one attached hydrogen (secondary N) is 1. The highest BCUT2D eigenvalue weighted by molar-refractivity contribution is 7.71. The molecule has 1 aromatic carbocycles. The third kappa shape index (κ3) is 2.61. The fraction of sp³-hybridized carbons (Fsp3) is 0.429. The highest BCUT2D eigenvalue weighted by Gasteiger charge is 2.21. The Balaban J connectivity index is 2.67. The van der Waals surface area contributed by atoms with Gasteiger partial charge in [-0.3, -0.25) is 4.79 Å². The minimum atomic E-state index is -0.403. The molecular formula is C14H19N3O3S. The molecule has 0 aliphatic heterocycles. The summed E-state index contributed by atoms with van der Waals surface area (Å²) in [5.74, 6) is 1.18. The number of aromatic amines is 1. The first-order chi connectivity index (χ1) is 9.90. The number of carbonyl (C=O) groups is 1. The molecule has 0 saturated heterocycles. The van der Waals surface area contributed by atoms with Crippen LogP contribution >= 0.6 is 12.2 Å². The number of rotatable bonds is 4. The van der Waals surface area contributed by atoms with E-state index in [1.54, 1.807) is 37.8 Å². The Morgan fingerprint density at radius 1 is 1.29 bits per heavy atom. The number of benzene rings is 1. The fourth-order valence-electron chi connectivity index (χ4n) is 2.32. The lowest BCUT2D eigenvalue weighted by Gasteiger charge is -2.19. The maximum absolute atomic E-state index is 12.2. The van der Waals surface area contributed by atoms with Crippen LogP contribution in [0.2, 0.25) is 0 Å². The van der Waals surface area contributed by atoms with Crippen molar-refractivity contribution in [3.8, 4) is 11.5 Å². The van der Waals surface area contributed by atoms with E-state index in [4.69, 9.17) is 21.7 Å². The third-order valence-electron chi connectivity index (χ3n) is 3.41. The van der Waals surface area contributed by atoms with E-state index in [-0.39, 0.29) is 5.91 Å². The Kier molecular flexibility index (Phi) is 4.22. The normalized spacial score (nSPS) is 12.2. The van der Waals surface area contributed by atoms with Crippen molar-refractivity contribution in [2.75, 3.05) is 28.3 Å². The molecule has 1 heterocycles. The van der Waals surface area contributed by atoms with Crippen LogP contribution in [0.1, 0.15) is 13.0 Å². The number of hydrogen-bond acceptors (Lipinski definition) is 4. The lowest BCUT2D eigenvalue weighted by molar-refractivity contribution is -0.131. The van der Waals surface area contributed by atoms with Crippen LogP contribution in [-0.2, 0) is 4.79 Å². The summed E-state index contributed by atoms with van der Waals surface area (Å²) in [5, 5.41) is 0. The van der Waals surface area contributed by atoms with E-state index in [9.17, 15) is 4.79 Å². The summed E-state index contributed by atoms with van der Waals surface area (Å²) in [5.41, 5.74) is 1.61. The quantitative estimate of drug-likeness (QED) is 0.881. The van der Waals surface area contributed by atoms with E-state index < -0.39 is 6.04 Å². The van der Waals surface area contributed by atoms with Crippen molar-refractivity contribution in [2.24, 2.45) is 0 Å². The van der Waals surface area contributed by atoms with Crippen molar-refractivity contribution < 1.29 is 14.3 Å². The predicted octanol–water partition coefficient (Wildman–Crippen LogP) is 2.37. The second-order valence-corrected chi connectivity index (χ2v) is 5.32. The van der Waals surface area contributed by atoms with E-state index in [0.29, 0.717) is 16.3 Å². The molecule has 0 fully saturated rings. The molecule has 1 N–H and O–H groups in total. The Labute approximate surface area is 128 Å². The second-order valence-electron chi connectivity index (χ2n) is 4.93. The van der Waals surface area contributed by atoms with E-state index in [1.165, 1.54) is 0 Å². The third-order valence-corrected chi connectivity index (χ3v) is 3.71. The topological polar surface area (TPSA) is 59.5 Å². The summed E-state index contributed by atoms with van der Waals surface area (Å²) in [7, 11) is 6.60. The molecule has 1 unspecified atom stereocenters. The first-order valence-corrected chi connectivity index (χ1v) is 6.89. The first kappa shape index (κ1) is 15.4. The molecule has 114 valence electrons. The molecule has 0 aliphatic carbocycles. The lowest BCUT2D eigenvalue weighted by atomic mass is 10.2. The van der Waals surface area contributed by atoms with Gasteiger partial charge in [0, 0.05) is 26.2 Å². The number of H-pyrrole nitrogens is 1. The molecule has 1 amide bonds. The molecule has 2 rings (SSSR count). The van der Waals surface area contributed by atoms with Crippen molar-refractivity contribution in [1.29, 1.82) is 0 Å². The van der Waals surface area contributed by atoms with Crippen molar-refractivity contribution in [3.05, 3.63) is 16.9 Å². The van der Waals surface area contributed by atoms with Gasteiger partial charge in [-0.25, -0.2) is 0 Å². The first-order valence-electron chi connectivity index (χ1n) is 6.48. The number of fused-ring (bicyclic) bond motifs is 1. The number of carbonyl (C=O) groups excluding carboxylic acids is 1. The van der Waals surface area contributed by atoms with Crippen LogP contribution in [0.4, 0.5) is 0 Å². The van der Waals surface area contributed by atoms with Crippen LogP contribution in [0, 0.1) is 4.77 Å². The van der Waals surface area contributed by atoms with Crippen LogP contribution in [-0.4, -0.2) is 48.7 Å². The van der Waals surface area contributed by atoms with Crippen LogP contribution < -0.4 is 9.47 Å². The number of imidazole rings is 1. The predicted molar refractivity (Wildman–Crippen MR) is 83.6 cm³/mol. The highest BCUT2D eigenvalue weighted by Crippen LogP contribution is 2.33. The fourth-order valence-corrected chi connectivity index (χ4v) is 2.69. The van der Waals surface area contributed by atoms with Crippen molar-refractivity contribution in [1.82, 2.24) is 14.5 Å². The smallest absolute Gasteiger partial charge is 0.244 e. The molecule has 21 heavy (non-hydrogen) atoms. The summed E-state index contributed by atoms with van der Waals surface area (Å²) in [4.78, 5) is 16.9.